The van der Waals surface area contributed by atoms with Crippen molar-refractivity contribution in [2.75, 3.05) is 27.2 Å². The molecule has 1 fully saturated rings. The Balaban J connectivity index is 1.41. The number of benzene rings is 3. The van der Waals surface area contributed by atoms with Crippen molar-refractivity contribution in [2.45, 2.75) is 38.3 Å². The van der Waals surface area contributed by atoms with Gasteiger partial charge in [-0.25, -0.2) is 4.98 Å². The Labute approximate surface area is 212 Å². The van der Waals surface area contributed by atoms with Crippen LogP contribution in [0.3, 0.4) is 0 Å². The third kappa shape index (κ3) is 5.44. The molecule has 5 rings (SSSR count). The zero-order valence-electron chi connectivity index (χ0n) is 21.1. The summed E-state index contributed by atoms with van der Waals surface area (Å²) in [5.41, 5.74) is 4.80. The van der Waals surface area contributed by atoms with Crippen LogP contribution in [0, 0.1) is 0 Å². The monoisotopic (exact) mass is 482 g/mol. The first-order valence-corrected chi connectivity index (χ1v) is 12.8. The maximum absolute atomic E-state index is 12.7. The van der Waals surface area contributed by atoms with Gasteiger partial charge in [0.25, 0.3) is 5.91 Å². The average molecular weight is 483 g/mol. The van der Waals surface area contributed by atoms with Crippen LogP contribution in [0.1, 0.15) is 47.6 Å². The van der Waals surface area contributed by atoms with Gasteiger partial charge < -0.3 is 19.5 Å². The lowest BCUT2D eigenvalue weighted by atomic mass is 10.1. The van der Waals surface area contributed by atoms with Gasteiger partial charge in [-0.05, 0) is 75.0 Å². The highest BCUT2D eigenvalue weighted by Gasteiger charge is 2.24. The molecule has 0 bridgehead atoms. The second-order valence-electron chi connectivity index (χ2n) is 9.81. The van der Waals surface area contributed by atoms with Crippen LogP contribution in [0.15, 0.2) is 72.8 Å². The van der Waals surface area contributed by atoms with Gasteiger partial charge in [-0.2, -0.15) is 0 Å². The van der Waals surface area contributed by atoms with E-state index in [0.29, 0.717) is 24.8 Å². The van der Waals surface area contributed by atoms with E-state index in [4.69, 9.17) is 9.72 Å². The molecule has 1 heterocycles. The predicted molar refractivity (Wildman–Crippen MR) is 144 cm³/mol. The van der Waals surface area contributed by atoms with Gasteiger partial charge in [0.15, 0.2) is 0 Å². The molecule has 6 nitrogen and oxygen atoms in total. The quantitative estimate of drug-likeness (QED) is 0.333. The molecule has 1 aliphatic rings. The normalized spacial score (nSPS) is 14.0. The fraction of sp³-hybridized carbons (Fsp3) is 0.333. The third-order valence-electron chi connectivity index (χ3n) is 6.85. The van der Waals surface area contributed by atoms with E-state index in [9.17, 15) is 4.79 Å². The topological polar surface area (TPSA) is 59.4 Å². The number of hydrogen-bond donors (Lipinski definition) is 1. The molecule has 1 saturated carbocycles. The summed E-state index contributed by atoms with van der Waals surface area (Å²) in [7, 11) is 3.99. The van der Waals surface area contributed by atoms with Crippen molar-refractivity contribution in [3.8, 4) is 17.1 Å². The molecule has 1 aliphatic carbocycles. The molecule has 1 N–H and O–H groups in total. The van der Waals surface area contributed by atoms with Crippen LogP contribution in [-0.4, -0.2) is 47.5 Å². The van der Waals surface area contributed by atoms with Crippen molar-refractivity contribution in [3.63, 3.8) is 0 Å². The third-order valence-corrected chi connectivity index (χ3v) is 6.85. The highest BCUT2D eigenvalue weighted by molar-refractivity contribution is 5.98. The van der Waals surface area contributed by atoms with Crippen molar-refractivity contribution in [3.05, 3.63) is 83.9 Å². The number of likely N-dealkylation sites (N-methyl/N-ethyl adjacent to an activating group) is 1. The largest absolute Gasteiger partial charge is 0.489 e. The van der Waals surface area contributed by atoms with Crippen molar-refractivity contribution in [1.29, 1.82) is 0 Å². The Bertz CT molecular complexity index is 1310. The molecule has 1 aromatic heterocycles. The van der Waals surface area contributed by atoms with Gasteiger partial charge >= 0.3 is 0 Å². The zero-order chi connectivity index (χ0) is 24.9. The number of ether oxygens (including phenoxy) is 1. The van der Waals surface area contributed by atoms with Crippen LogP contribution in [0.5, 0.6) is 5.75 Å². The number of amides is 1. The van der Waals surface area contributed by atoms with Crippen LogP contribution in [0.25, 0.3) is 22.4 Å². The summed E-state index contributed by atoms with van der Waals surface area (Å²) in [6.45, 7) is 1.96. The van der Waals surface area contributed by atoms with Crippen molar-refractivity contribution < 1.29 is 9.53 Å². The number of fused-ring (bicyclic) bond motifs is 1. The Kier molecular flexibility index (Phi) is 7.33. The summed E-state index contributed by atoms with van der Waals surface area (Å²) in [6.07, 6.45) is 4.79. The van der Waals surface area contributed by atoms with E-state index in [-0.39, 0.29) is 5.91 Å². The molecule has 36 heavy (non-hydrogen) atoms. The number of hydrogen-bond acceptors (Lipinski definition) is 4. The van der Waals surface area contributed by atoms with Crippen molar-refractivity contribution in [2.24, 2.45) is 0 Å². The van der Waals surface area contributed by atoms with Gasteiger partial charge in [0.05, 0.1) is 11.0 Å². The molecule has 0 unspecified atom stereocenters. The number of aromatic nitrogens is 2. The van der Waals surface area contributed by atoms with Crippen LogP contribution in [-0.2, 0) is 6.61 Å². The summed E-state index contributed by atoms with van der Waals surface area (Å²) in [6, 6.07) is 24.7. The molecular formula is C30H34N4O2. The summed E-state index contributed by atoms with van der Waals surface area (Å²) >= 11 is 0. The van der Waals surface area contributed by atoms with E-state index in [2.05, 4.69) is 45.1 Å². The maximum Gasteiger partial charge on any atom is 0.251 e. The minimum Gasteiger partial charge on any atom is -0.489 e. The first kappa shape index (κ1) is 24.1. The minimum absolute atomic E-state index is 0.0596. The van der Waals surface area contributed by atoms with E-state index in [1.165, 1.54) is 12.8 Å². The van der Waals surface area contributed by atoms with Crippen molar-refractivity contribution in [1.82, 2.24) is 19.8 Å². The van der Waals surface area contributed by atoms with Gasteiger partial charge in [-0.15, -0.1) is 0 Å². The van der Waals surface area contributed by atoms with E-state index in [1.807, 2.05) is 56.6 Å². The summed E-state index contributed by atoms with van der Waals surface area (Å²) in [5, 5.41) is 3.00. The number of rotatable bonds is 9. The Morgan fingerprint density at radius 3 is 2.50 bits per heavy atom. The molecule has 186 valence electrons. The SMILES string of the molecule is CN(C)CCNC(=O)c1ccc2c(c1)nc(-c1ccc(OCc3ccccc3)cc1)n2C1CCCC1. The first-order chi connectivity index (χ1) is 17.6. The van der Waals surface area contributed by atoms with E-state index >= 15 is 0 Å². The lowest BCUT2D eigenvalue weighted by Gasteiger charge is -2.17. The first-order valence-electron chi connectivity index (χ1n) is 12.8. The Hall–Kier alpha value is -3.64. The van der Waals surface area contributed by atoms with Crippen LogP contribution in [0.4, 0.5) is 0 Å². The molecule has 0 radical (unpaired) electrons. The van der Waals surface area contributed by atoms with Gasteiger partial charge in [0, 0.05) is 30.3 Å². The van der Waals surface area contributed by atoms with E-state index < -0.39 is 0 Å². The Morgan fingerprint density at radius 2 is 1.78 bits per heavy atom. The number of nitrogens with zero attached hydrogens (tertiary/aromatic N) is 3. The maximum atomic E-state index is 12.7. The summed E-state index contributed by atoms with van der Waals surface area (Å²) < 4.78 is 8.37. The van der Waals surface area contributed by atoms with Crippen LogP contribution >= 0.6 is 0 Å². The standard InChI is InChI=1S/C30H34N4O2/c1-33(2)19-18-31-30(35)24-14-17-28-27(20-24)32-29(34(28)25-10-6-7-11-25)23-12-15-26(16-13-23)36-21-22-8-4-3-5-9-22/h3-5,8-9,12-17,20,25H,6-7,10-11,18-19,21H2,1-2H3,(H,31,35). The van der Waals surface area contributed by atoms with Crippen molar-refractivity contribution >= 4 is 16.9 Å². The number of nitrogens with one attached hydrogen (secondary N) is 1. The molecule has 0 spiro atoms. The lowest BCUT2D eigenvalue weighted by molar-refractivity contribution is 0.0951. The molecule has 6 heteroatoms. The molecular weight excluding hydrogens is 448 g/mol. The molecule has 0 saturated heterocycles. The predicted octanol–water partition coefficient (Wildman–Crippen LogP) is 5.69. The van der Waals surface area contributed by atoms with Crippen LogP contribution in [0.2, 0.25) is 0 Å². The highest BCUT2D eigenvalue weighted by atomic mass is 16.5. The fourth-order valence-corrected chi connectivity index (χ4v) is 4.91. The number of carbonyl (C=O) groups excluding carboxylic acids is 1. The molecule has 0 atom stereocenters. The zero-order valence-corrected chi connectivity index (χ0v) is 21.1. The fourth-order valence-electron chi connectivity index (χ4n) is 4.91. The van der Waals surface area contributed by atoms with Crippen LogP contribution < -0.4 is 10.1 Å². The molecule has 3 aromatic carbocycles. The van der Waals surface area contributed by atoms with E-state index in [0.717, 1.165) is 53.1 Å². The van der Waals surface area contributed by atoms with Gasteiger partial charge in [0.1, 0.15) is 18.2 Å². The molecule has 4 aromatic rings. The number of imidazole rings is 1. The smallest absolute Gasteiger partial charge is 0.251 e. The number of carbonyl (C=O) groups is 1. The van der Waals surface area contributed by atoms with Gasteiger partial charge in [0.2, 0.25) is 0 Å². The molecule has 0 aliphatic heterocycles. The van der Waals surface area contributed by atoms with E-state index in [1.54, 1.807) is 0 Å². The Morgan fingerprint density at radius 1 is 1.03 bits per heavy atom. The average Bonchev–Trinajstić information content (AvgIpc) is 3.55. The lowest BCUT2D eigenvalue weighted by Crippen LogP contribution is -2.31. The second-order valence-corrected chi connectivity index (χ2v) is 9.81. The summed E-state index contributed by atoms with van der Waals surface area (Å²) in [4.78, 5) is 19.8. The minimum atomic E-state index is -0.0596. The van der Waals surface area contributed by atoms with Gasteiger partial charge in [-0.3, -0.25) is 4.79 Å². The highest BCUT2D eigenvalue weighted by Crippen LogP contribution is 2.37. The second kappa shape index (κ2) is 11.0. The van der Waals surface area contributed by atoms with Gasteiger partial charge in [-0.1, -0.05) is 43.2 Å². The summed E-state index contributed by atoms with van der Waals surface area (Å²) in [5.74, 6) is 1.73. The molecule has 1 amide bonds.